The molecular formula is C11H15Br2NOS. The molecule has 0 spiro atoms. The maximum absolute atomic E-state index is 5.86. The summed E-state index contributed by atoms with van der Waals surface area (Å²) in [5.74, 6) is 0. The largest absolute Gasteiger partial charge is 0.376 e. The van der Waals surface area contributed by atoms with Gasteiger partial charge in [-0.25, -0.2) is 0 Å². The minimum atomic E-state index is 0.289. The van der Waals surface area contributed by atoms with Crippen molar-refractivity contribution in [2.24, 2.45) is 0 Å². The van der Waals surface area contributed by atoms with Gasteiger partial charge in [0.2, 0.25) is 0 Å². The molecular weight excluding hydrogens is 354 g/mol. The Balaban J connectivity index is 2.17. The molecule has 1 aliphatic heterocycles. The standard InChI is InChI=1S/C11H15Br2NOS/c1-14-10(8-4-2-3-5-15-8)7-6-9(12)16-11(7)13/h6,8,10,14H,2-5H2,1H3. The number of thiophene rings is 1. The zero-order valence-corrected chi connectivity index (χ0v) is 13.1. The Bertz CT molecular complexity index is 350. The SMILES string of the molecule is CNC(c1cc(Br)sc1Br)C1CCCCO1. The van der Waals surface area contributed by atoms with E-state index in [1.807, 2.05) is 7.05 Å². The van der Waals surface area contributed by atoms with Crippen molar-refractivity contribution in [3.63, 3.8) is 0 Å². The van der Waals surface area contributed by atoms with E-state index in [4.69, 9.17) is 4.74 Å². The summed E-state index contributed by atoms with van der Waals surface area (Å²) in [4.78, 5) is 0. The first-order valence-electron chi connectivity index (χ1n) is 5.46. The van der Waals surface area contributed by atoms with Crippen LogP contribution in [0.2, 0.25) is 0 Å². The van der Waals surface area contributed by atoms with Crippen LogP contribution < -0.4 is 5.32 Å². The summed E-state index contributed by atoms with van der Waals surface area (Å²) < 4.78 is 8.20. The predicted octanol–water partition coefficient (Wildman–Crippen LogP) is 4.10. The van der Waals surface area contributed by atoms with Gasteiger partial charge < -0.3 is 10.1 Å². The smallest absolute Gasteiger partial charge is 0.0770 e. The maximum atomic E-state index is 5.86. The van der Waals surface area contributed by atoms with E-state index in [2.05, 4.69) is 43.2 Å². The number of nitrogens with one attached hydrogen (secondary N) is 1. The van der Waals surface area contributed by atoms with Gasteiger partial charge in [-0.1, -0.05) is 0 Å². The van der Waals surface area contributed by atoms with Crippen LogP contribution in [0, 0.1) is 0 Å². The first-order valence-corrected chi connectivity index (χ1v) is 7.86. The summed E-state index contributed by atoms with van der Waals surface area (Å²) in [5, 5.41) is 3.37. The van der Waals surface area contributed by atoms with Crippen molar-refractivity contribution in [3.05, 3.63) is 19.2 Å². The Kier molecular flexibility index (Phi) is 4.85. The lowest BCUT2D eigenvalue weighted by molar-refractivity contribution is -0.00666. The van der Waals surface area contributed by atoms with Crippen LogP contribution in [0.1, 0.15) is 30.9 Å². The van der Waals surface area contributed by atoms with Crippen molar-refractivity contribution < 1.29 is 4.74 Å². The summed E-state index contributed by atoms with van der Waals surface area (Å²) in [5.41, 5.74) is 1.30. The lowest BCUT2D eigenvalue weighted by Crippen LogP contribution is -2.34. The number of hydrogen-bond donors (Lipinski definition) is 1. The summed E-state index contributed by atoms with van der Waals surface area (Å²) in [6.45, 7) is 0.895. The molecule has 1 saturated heterocycles. The number of likely N-dealkylation sites (N-methyl/N-ethyl adjacent to an activating group) is 1. The normalized spacial score (nSPS) is 23.3. The lowest BCUT2D eigenvalue weighted by Gasteiger charge is -2.30. The average molecular weight is 369 g/mol. The lowest BCUT2D eigenvalue weighted by atomic mass is 9.98. The van der Waals surface area contributed by atoms with Crippen LogP contribution in [0.5, 0.6) is 0 Å². The Morgan fingerprint density at radius 1 is 1.50 bits per heavy atom. The average Bonchev–Trinajstić information content (AvgIpc) is 2.61. The first kappa shape index (κ1) is 13.0. The molecule has 2 atom stereocenters. The van der Waals surface area contributed by atoms with Crippen molar-refractivity contribution in [2.45, 2.75) is 31.4 Å². The van der Waals surface area contributed by atoms with Crippen molar-refractivity contribution in [1.82, 2.24) is 5.32 Å². The first-order chi connectivity index (χ1) is 7.72. The number of hydrogen-bond acceptors (Lipinski definition) is 3. The van der Waals surface area contributed by atoms with Crippen LogP contribution in [0.25, 0.3) is 0 Å². The highest BCUT2D eigenvalue weighted by Crippen LogP contribution is 2.38. The van der Waals surface area contributed by atoms with Crippen molar-refractivity contribution in [1.29, 1.82) is 0 Å². The Morgan fingerprint density at radius 2 is 2.31 bits per heavy atom. The molecule has 1 aromatic heterocycles. The molecule has 1 aliphatic rings. The zero-order chi connectivity index (χ0) is 11.5. The van der Waals surface area contributed by atoms with Crippen molar-refractivity contribution in [3.8, 4) is 0 Å². The van der Waals surface area contributed by atoms with Crippen LogP contribution >= 0.6 is 43.2 Å². The zero-order valence-electron chi connectivity index (χ0n) is 9.13. The third-order valence-electron chi connectivity index (χ3n) is 2.92. The highest BCUT2D eigenvalue weighted by Gasteiger charge is 2.27. The van der Waals surface area contributed by atoms with Crippen LogP contribution in [-0.2, 0) is 4.74 Å². The molecule has 0 aliphatic carbocycles. The summed E-state index contributed by atoms with van der Waals surface area (Å²) in [6, 6.07) is 2.46. The van der Waals surface area contributed by atoms with E-state index in [1.54, 1.807) is 11.3 Å². The van der Waals surface area contributed by atoms with Crippen molar-refractivity contribution in [2.75, 3.05) is 13.7 Å². The second-order valence-corrected chi connectivity index (χ2v) is 7.70. The van der Waals surface area contributed by atoms with Gasteiger partial charge in [0.25, 0.3) is 0 Å². The fourth-order valence-electron chi connectivity index (χ4n) is 2.14. The monoisotopic (exact) mass is 367 g/mol. The second-order valence-electron chi connectivity index (χ2n) is 3.95. The van der Waals surface area contributed by atoms with Gasteiger partial charge in [0.05, 0.1) is 19.7 Å². The van der Waals surface area contributed by atoms with E-state index in [1.165, 1.54) is 22.2 Å². The molecule has 16 heavy (non-hydrogen) atoms. The van der Waals surface area contributed by atoms with E-state index in [0.29, 0.717) is 6.10 Å². The molecule has 0 bridgehead atoms. The van der Waals surface area contributed by atoms with Crippen molar-refractivity contribution >= 4 is 43.2 Å². The van der Waals surface area contributed by atoms with E-state index >= 15 is 0 Å². The molecule has 5 heteroatoms. The quantitative estimate of drug-likeness (QED) is 0.866. The molecule has 2 rings (SSSR count). The Morgan fingerprint density at radius 3 is 2.81 bits per heavy atom. The maximum Gasteiger partial charge on any atom is 0.0770 e. The molecule has 0 saturated carbocycles. The van der Waals surface area contributed by atoms with E-state index in [9.17, 15) is 0 Å². The topological polar surface area (TPSA) is 21.3 Å². The van der Waals surface area contributed by atoms with Gasteiger partial charge in [0.15, 0.2) is 0 Å². The van der Waals surface area contributed by atoms with E-state index < -0.39 is 0 Å². The summed E-state index contributed by atoms with van der Waals surface area (Å²) >= 11 is 8.86. The molecule has 1 fully saturated rings. The van der Waals surface area contributed by atoms with Gasteiger partial charge in [-0.15, -0.1) is 11.3 Å². The van der Waals surface area contributed by atoms with E-state index in [0.717, 1.165) is 16.8 Å². The van der Waals surface area contributed by atoms with Gasteiger partial charge in [-0.2, -0.15) is 0 Å². The van der Waals surface area contributed by atoms with Crippen LogP contribution in [-0.4, -0.2) is 19.8 Å². The predicted molar refractivity (Wildman–Crippen MR) is 75.1 cm³/mol. The number of halogens is 2. The highest BCUT2D eigenvalue weighted by atomic mass is 79.9. The van der Waals surface area contributed by atoms with Gasteiger partial charge >= 0.3 is 0 Å². The number of ether oxygens (including phenoxy) is 1. The Labute approximate surface area is 117 Å². The van der Waals surface area contributed by atoms with Crippen LogP contribution in [0.15, 0.2) is 13.6 Å². The summed E-state index contributed by atoms with van der Waals surface area (Å²) in [6.07, 6.45) is 3.91. The molecule has 1 N–H and O–H groups in total. The van der Waals surface area contributed by atoms with Crippen LogP contribution in [0.3, 0.4) is 0 Å². The second kappa shape index (κ2) is 5.96. The third-order valence-corrected chi connectivity index (χ3v) is 5.30. The summed E-state index contributed by atoms with van der Waals surface area (Å²) in [7, 11) is 2.00. The molecule has 2 nitrogen and oxygen atoms in total. The number of rotatable bonds is 3. The van der Waals surface area contributed by atoms with Gasteiger partial charge in [0, 0.05) is 6.61 Å². The molecule has 2 unspecified atom stereocenters. The fourth-order valence-corrected chi connectivity index (χ4v) is 5.06. The van der Waals surface area contributed by atoms with Gasteiger partial charge in [-0.3, -0.25) is 0 Å². The van der Waals surface area contributed by atoms with Gasteiger partial charge in [0.1, 0.15) is 0 Å². The van der Waals surface area contributed by atoms with Crippen LogP contribution in [0.4, 0.5) is 0 Å². The molecule has 90 valence electrons. The minimum Gasteiger partial charge on any atom is -0.376 e. The van der Waals surface area contributed by atoms with E-state index in [-0.39, 0.29) is 6.04 Å². The molecule has 1 aromatic rings. The Hall–Kier alpha value is 0.580. The third kappa shape index (κ3) is 2.88. The molecule has 0 radical (unpaired) electrons. The molecule has 2 heterocycles. The minimum absolute atomic E-state index is 0.289. The highest BCUT2D eigenvalue weighted by molar-refractivity contribution is 9.12. The molecule has 0 aromatic carbocycles. The van der Waals surface area contributed by atoms with Gasteiger partial charge in [-0.05, 0) is 69.8 Å². The fraction of sp³-hybridized carbons (Fsp3) is 0.636. The molecule has 0 amide bonds.